The molecule has 132 valence electrons. The molecular weight excluding hydrogens is 322 g/mol. The monoisotopic (exact) mass is 345 g/mol. The van der Waals surface area contributed by atoms with Crippen LogP contribution in [0.2, 0.25) is 0 Å². The van der Waals surface area contributed by atoms with Crippen molar-refractivity contribution in [3.63, 3.8) is 0 Å². The van der Waals surface area contributed by atoms with Gasteiger partial charge in [0.1, 0.15) is 0 Å². The molecule has 1 amide bonds. The summed E-state index contributed by atoms with van der Waals surface area (Å²) in [5.41, 5.74) is 2.45. The largest absolute Gasteiger partial charge is 0.345 e. The first-order chi connectivity index (χ1) is 12.7. The Morgan fingerprint density at radius 1 is 1.12 bits per heavy atom. The number of hydrogen-bond acceptors (Lipinski definition) is 3. The summed E-state index contributed by atoms with van der Waals surface area (Å²) in [5.74, 6) is 0.550. The van der Waals surface area contributed by atoms with Gasteiger partial charge in [0.15, 0.2) is 0 Å². The average Bonchev–Trinajstić information content (AvgIpc) is 3.44. The van der Waals surface area contributed by atoms with Gasteiger partial charge in [0.05, 0.1) is 17.2 Å². The van der Waals surface area contributed by atoms with Gasteiger partial charge in [-0.3, -0.25) is 4.79 Å². The van der Waals surface area contributed by atoms with Gasteiger partial charge in [-0.2, -0.15) is 5.26 Å². The molecule has 0 bridgehead atoms. The second-order valence-corrected chi connectivity index (χ2v) is 7.52. The highest BCUT2D eigenvalue weighted by molar-refractivity contribution is 5.94. The highest BCUT2D eigenvalue weighted by Gasteiger charge is 2.43. The van der Waals surface area contributed by atoms with Crippen LogP contribution in [0.5, 0.6) is 0 Å². The number of nitrogens with zero attached hydrogens (tertiary/aromatic N) is 1. The van der Waals surface area contributed by atoms with Crippen molar-refractivity contribution in [1.29, 1.82) is 5.26 Å². The molecule has 0 spiro atoms. The topological polar surface area (TPSA) is 64.9 Å². The van der Waals surface area contributed by atoms with E-state index in [-0.39, 0.29) is 11.4 Å². The number of hydrogen-bond donors (Lipinski definition) is 2. The Balaban J connectivity index is 1.33. The van der Waals surface area contributed by atoms with Gasteiger partial charge in [-0.25, -0.2) is 0 Å². The summed E-state index contributed by atoms with van der Waals surface area (Å²) < 4.78 is 0. The number of amides is 1. The SMILES string of the molecule is N#Cc1ccc(C(=O)NC2(CNC3C[C@@H]3c3ccccc3)CCC2)cc1. The maximum atomic E-state index is 12.6. The van der Waals surface area contributed by atoms with E-state index >= 15 is 0 Å². The van der Waals surface area contributed by atoms with Gasteiger partial charge in [-0.05, 0) is 55.5 Å². The van der Waals surface area contributed by atoms with Crippen molar-refractivity contribution in [1.82, 2.24) is 10.6 Å². The van der Waals surface area contributed by atoms with E-state index in [1.54, 1.807) is 24.3 Å². The Bertz CT molecular complexity index is 819. The standard InChI is InChI=1S/C22H23N3O/c23-14-16-7-9-18(10-8-16)21(26)25-22(11-4-12-22)15-24-20-13-19(20)17-5-2-1-3-6-17/h1-3,5-10,19-20,24H,4,11-13,15H2,(H,25,26)/t19-,20?/m1/s1. The van der Waals surface area contributed by atoms with E-state index in [1.807, 2.05) is 0 Å². The van der Waals surface area contributed by atoms with Gasteiger partial charge in [0.25, 0.3) is 5.91 Å². The molecule has 4 nitrogen and oxygen atoms in total. The summed E-state index contributed by atoms with van der Waals surface area (Å²) in [6.07, 6.45) is 4.36. The smallest absolute Gasteiger partial charge is 0.251 e. The molecule has 0 heterocycles. The summed E-state index contributed by atoms with van der Waals surface area (Å²) in [5, 5.41) is 15.8. The molecule has 0 saturated heterocycles. The fraction of sp³-hybridized carbons (Fsp3) is 0.364. The maximum absolute atomic E-state index is 12.6. The molecule has 4 rings (SSSR count). The first-order valence-corrected chi connectivity index (χ1v) is 9.30. The van der Waals surface area contributed by atoms with Gasteiger partial charge < -0.3 is 10.6 Å². The molecule has 2 N–H and O–H groups in total. The summed E-state index contributed by atoms with van der Waals surface area (Å²) in [6.45, 7) is 0.822. The van der Waals surface area contributed by atoms with Crippen molar-refractivity contribution >= 4 is 5.91 Å². The first kappa shape index (κ1) is 16.8. The van der Waals surface area contributed by atoms with Crippen LogP contribution in [-0.4, -0.2) is 24.0 Å². The van der Waals surface area contributed by atoms with E-state index in [9.17, 15) is 4.79 Å². The van der Waals surface area contributed by atoms with E-state index in [4.69, 9.17) is 5.26 Å². The fourth-order valence-electron chi connectivity index (χ4n) is 3.77. The molecule has 2 atom stereocenters. The van der Waals surface area contributed by atoms with Crippen molar-refractivity contribution in [2.75, 3.05) is 6.54 Å². The lowest BCUT2D eigenvalue weighted by Gasteiger charge is -2.43. The predicted molar refractivity (Wildman–Crippen MR) is 101 cm³/mol. The number of nitriles is 1. The van der Waals surface area contributed by atoms with Gasteiger partial charge in [-0.15, -0.1) is 0 Å². The van der Waals surface area contributed by atoms with Crippen LogP contribution >= 0.6 is 0 Å². The van der Waals surface area contributed by atoms with Crippen LogP contribution in [0.3, 0.4) is 0 Å². The highest BCUT2D eigenvalue weighted by atomic mass is 16.1. The fourth-order valence-corrected chi connectivity index (χ4v) is 3.77. The number of nitrogens with one attached hydrogen (secondary N) is 2. The quantitative estimate of drug-likeness (QED) is 0.844. The van der Waals surface area contributed by atoms with Crippen LogP contribution in [0.4, 0.5) is 0 Å². The third kappa shape index (κ3) is 3.49. The number of carbonyl (C=O) groups is 1. The summed E-state index contributed by atoms with van der Waals surface area (Å²) in [4.78, 5) is 12.6. The molecule has 2 aromatic rings. The van der Waals surface area contributed by atoms with Gasteiger partial charge in [0.2, 0.25) is 0 Å². The number of benzene rings is 2. The third-order valence-electron chi connectivity index (χ3n) is 5.69. The normalized spacial score (nSPS) is 22.7. The molecule has 0 aliphatic heterocycles. The van der Waals surface area contributed by atoms with Crippen molar-refractivity contribution in [2.24, 2.45) is 0 Å². The third-order valence-corrected chi connectivity index (χ3v) is 5.69. The Kier molecular flexibility index (Phi) is 4.48. The van der Waals surface area contributed by atoms with E-state index in [0.29, 0.717) is 23.1 Å². The van der Waals surface area contributed by atoms with Crippen LogP contribution in [-0.2, 0) is 0 Å². The summed E-state index contributed by atoms with van der Waals surface area (Å²) in [7, 11) is 0. The molecule has 0 radical (unpaired) electrons. The minimum atomic E-state index is -0.130. The second-order valence-electron chi connectivity index (χ2n) is 7.52. The van der Waals surface area contributed by atoms with Crippen molar-refractivity contribution in [3.8, 4) is 6.07 Å². The zero-order valence-corrected chi connectivity index (χ0v) is 14.7. The summed E-state index contributed by atoms with van der Waals surface area (Å²) in [6, 6.07) is 20.0. The lowest BCUT2D eigenvalue weighted by Crippen LogP contribution is -2.59. The minimum Gasteiger partial charge on any atom is -0.345 e. The Morgan fingerprint density at radius 3 is 2.46 bits per heavy atom. The highest BCUT2D eigenvalue weighted by Crippen LogP contribution is 2.41. The average molecular weight is 345 g/mol. The van der Waals surface area contributed by atoms with Crippen LogP contribution in [0.1, 0.15) is 53.1 Å². The van der Waals surface area contributed by atoms with Crippen LogP contribution in [0.25, 0.3) is 0 Å². The number of rotatable bonds is 6. The Labute approximate surface area is 154 Å². The Hall–Kier alpha value is -2.64. The molecule has 4 heteroatoms. The van der Waals surface area contributed by atoms with E-state index < -0.39 is 0 Å². The van der Waals surface area contributed by atoms with Crippen LogP contribution < -0.4 is 10.6 Å². The molecule has 2 aliphatic rings. The lowest BCUT2D eigenvalue weighted by atomic mass is 9.76. The lowest BCUT2D eigenvalue weighted by molar-refractivity contribution is 0.0824. The van der Waals surface area contributed by atoms with Crippen molar-refractivity contribution < 1.29 is 4.79 Å². The molecule has 26 heavy (non-hydrogen) atoms. The predicted octanol–water partition coefficient (Wildman–Crippen LogP) is 3.36. The number of carbonyl (C=O) groups excluding carboxylic acids is 1. The second kappa shape index (κ2) is 6.93. The molecule has 0 aromatic heterocycles. The maximum Gasteiger partial charge on any atom is 0.251 e. The zero-order chi connectivity index (χ0) is 18.0. The molecule has 1 unspecified atom stereocenters. The molecule has 2 saturated carbocycles. The van der Waals surface area contributed by atoms with E-state index in [2.05, 4.69) is 47.0 Å². The van der Waals surface area contributed by atoms with E-state index in [0.717, 1.165) is 25.8 Å². The van der Waals surface area contributed by atoms with Crippen LogP contribution in [0, 0.1) is 11.3 Å². The Morgan fingerprint density at radius 2 is 1.85 bits per heavy atom. The molecule has 2 fully saturated rings. The van der Waals surface area contributed by atoms with Gasteiger partial charge in [-0.1, -0.05) is 30.3 Å². The first-order valence-electron chi connectivity index (χ1n) is 9.30. The molecule has 2 aromatic carbocycles. The molecular formula is C22H23N3O. The van der Waals surface area contributed by atoms with Gasteiger partial charge >= 0.3 is 0 Å². The summed E-state index contributed by atoms with van der Waals surface area (Å²) >= 11 is 0. The zero-order valence-electron chi connectivity index (χ0n) is 14.7. The van der Waals surface area contributed by atoms with E-state index in [1.165, 1.54) is 12.0 Å². The molecule has 2 aliphatic carbocycles. The minimum absolute atomic E-state index is 0.0496. The van der Waals surface area contributed by atoms with Crippen molar-refractivity contribution in [3.05, 3.63) is 71.3 Å². The van der Waals surface area contributed by atoms with Crippen molar-refractivity contribution in [2.45, 2.75) is 43.2 Å². The van der Waals surface area contributed by atoms with Crippen LogP contribution in [0.15, 0.2) is 54.6 Å². The van der Waals surface area contributed by atoms with Gasteiger partial charge in [0, 0.05) is 24.1 Å².